The zero-order chi connectivity index (χ0) is 27.4. The highest BCUT2D eigenvalue weighted by Gasteiger charge is 2.59. The minimum absolute atomic E-state index is 0.156. The number of allylic oxidation sites excluding steroid dienone is 1. The maximum absolute atomic E-state index is 14.3. The zero-order valence-electron chi connectivity index (χ0n) is 22.6. The van der Waals surface area contributed by atoms with Gasteiger partial charge >= 0.3 is 5.97 Å². The first kappa shape index (κ1) is 27.6. The van der Waals surface area contributed by atoms with Gasteiger partial charge in [-0.2, -0.15) is 0 Å². The number of ether oxygens (including phenoxy) is 1. The van der Waals surface area contributed by atoms with Crippen LogP contribution in [-0.4, -0.2) is 47.0 Å². The first-order valence-corrected chi connectivity index (χ1v) is 13.5. The Bertz CT molecular complexity index is 1190. The maximum Gasteiger partial charge on any atom is 0.310 e. The van der Waals surface area contributed by atoms with Gasteiger partial charge in [-0.05, 0) is 55.9 Å². The number of rotatable bonds is 9. The summed E-state index contributed by atoms with van der Waals surface area (Å²) in [5.41, 5.74) is 3.32. The van der Waals surface area contributed by atoms with Gasteiger partial charge in [0.05, 0.1) is 31.1 Å². The number of nitrogens with zero attached hydrogens (tertiary/aromatic N) is 1. The van der Waals surface area contributed by atoms with Crippen LogP contribution in [0.2, 0.25) is 0 Å². The molecule has 0 bridgehead atoms. The second-order valence-electron chi connectivity index (χ2n) is 10.3. The van der Waals surface area contributed by atoms with Crippen LogP contribution in [0.3, 0.4) is 0 Å². The smallest absolute Gasteiger partial charge is 0.310 e. The Balaban J connectivity index is 1.81. The van der Waals surface area contributed by atoms with Crippen LogP contribution >= 0.6 is 0 Å². The number of aryl methyl sites for hydroxylation is 2. The zero-order valence-corrected chi connectivity index (χ0v) is 22.6. The molecule has 2 aromatic rings. The van der Waals surface area contributed by atoms with Crippen molar-refractivity contribution in [3.63, 3.8) is 0 Å². The van der Waals surface area contributed by atoms with Crippen LogP contribution in [0.5, 0.6) is 0 Å². The Kier molecular flexibility index (Phi) is 8.67. The number of amides is 2. The van der Waals surface area contributed by atoms with E-state index in [0.717, 1.165) is 29.5 Å². The van der Waals surface area contributed by atoms with Crippen LogP contribution in [0.25, 0.3) is 0 Å². The van der Waals surface area contributed by atoms with Gasteiger partial charge in [0.15, 0.2) is 0 Å². The maximum atomic E-state index is 14.3. The van der Waals surface area contributed by atoms with Crippen molar-refractivity contribution < 1.29 is 24.2 Å². The highest BCUT2D eigenvalue weighted by atomic mass is 16.5. The predicted molar refractivity (Wildman–Crippen MR) is 146 cm³/mol. The van der Waals surface area contributed by atoms with E-state index in [4.69, 9.17) is 4.74 Å². The molecule has 38 heavy (non-hydrogen) atoms. The number of hydrogen-bond acceptors (Lipinski definition) is 5. The normalized spacial score (nSPS) is 25.1. The molecule has 4 rings (SSSR count). The summed E-state index contributed by atoms with van der Waals surface area (Å²) in [6, 6.07) is 13.4. The molecule has 2 amide bonds. The SMILES string of the molecule is CCC[C@@H]1C=C[C@H]2[C@@H](C(=O)N([C@H](CO)c3ccccc3)[C@@H]2C(=O)Nc2cc(C)ccc2C)[C@@H]1C(=O)OCC. The molecule has 7 nitrogen and oxygen atoms in total. The monoisotopic (exact) mass is 518 g/mol. The Labute approximate surface area is 224 Å². The van der Waals surface area contributed by atoms with Gasteiger partial charge in [-0.15, -0.1) is 0 Å². The number of aliphatic hydroxyl groups excluding tert-OH is 1. The van der Waals surface area contributed by atoms with Crippen molar-refractivity contribution >= 4 is 23.5 Å². The van der Waals surface area contributed by atoms with Crippen LogP contribution in [0.1, 0.15) is 49.4 Å². The summed E-state index contributed by atoms with van der Waals surface area (Å²) in [6.07, 6.45) is 5.50. The van der Waals surface area contributed by atoms with Gasteiger partial charge in [-0.3, -0.25) is 14.4 Å². The number of nitrogens with one attached hydrogen (secondary N) is 1. The number of likely N-dealkylation sites (tertiary alicyclic amines) is 1. The Hall–Kier alpha value is -3.45. The van der Waals surface area contributed by atoms with Gasteiger partial charge < -0.3 is 20.1 Å². The van der Waals surface area contributed by atoms with Crippen molar-refractivity contribution in [2.75, 3.05) is 18.5 Å². The molecular weight excluding hydrogens is 480 g/mol. The summed E-state index contributed by atoms with van der Waals surface area (Å²) >= 11 is 0. The standard InChI is InChI=1S/C31H38N2O5/c1-5-10-22-15-16-23-27(26(22)31(37)38-6-2)30(36)33(25(18-34)21-11-8-7-9-12-21)28(23)29(35)32-24-17-19(3)13-14-20(24)4/h7-9,11-17,22-23,25-28,34H,5-6,10,18H2,1-4H3,(H,32,35)/t22-,23+,25-,26-,27-,28+/m1/s1. The van der Waals surface area contributed by atoms with Gasteiger partial charge in [0.1, 0.15) is 6.04 Å². The molecule has 1 saturated heterocycles. The number of esters is 1. The second-order valence-corrected chi connectivity index (χ2v) is 10.3. The molecule has 7 heteroatoms. The third kappa shape index (κ3) is 5.25. The Morgan fingerprint density at radius 3 is 2.47 bits per heavy atom. The fourth-order valence-corrected chi connectivity index (χ4v) is 6.05. The summed E-state index contributed by atoms with van der Waals surface area (Å²) in [6.45, 7) is 7.53. The molecule has 2 aliphatic rings. The van der Waals surface area contributed by atoms with Gasteiger partial charge in [0, 0.05) is 11.6 Å². The van der Waals surface area contributed by atoms with Crippen molar-refractivity contribution in [1.29, 1.82) is 0 Å². The van der Waals surface area contributed by atoms with Crippen LogP contribution in [0.15, 0.2) is 60.7 Å². The van der Waals surface area contributed by atoms with Crippen molar-refractivity contribution in [3.8, 4) is 0 Å². The fourth-order valence-electron chi connectivity index (χ4n) is 6.05. The highest BCUT2D eigenvalue weighted by Crippen LogP contribution is 2.48. The Morgan fingerprint density at radius 1 is 1.08 bits per heavy atom. The third-order valence-corrected chi connectivity index (χ3v) is 7.84. The van der Waals surface area contributed by atoms with E-state index in [2.05, 4.69) is 5.32 Å². The number of anilines is 1. The molecule has 0 radical (unpaired) electrons. The molecule has 1 fully saturated rings. The van der Waals surface area contributed by atoms with Gasteiger partial charge in [0.2, 0.25) is 11.8 Å². The number of hydrogen-bond donors (Lipinski definition) is 2. The molecule has 6 atom stereocenters. The van der Waals surface area contributed by atoms with Crippen LogP contribution in [0.4, 0.5) is 5.69 Å². The lowest BCUT2D eigenvalue weighted by atomic mass is 9.69. The van der Waals surface area contributed by atoms with E-state index in [9.17, 15) is 19.5 Å². The van der Waals surface area contributed by atoms with E-state index in [1.54, 1.807) is 6.92 Å². The molecule has 1 aliphatic carbocycles. The second kappa shape index (κ2) is 11.9. The lowest BCUT2D eigenvalue weighted by Crippen LogP contribution is -2.47. The van der Waals surface area contributed by atoms with E-state index >= 15 is 0 Å². The molecule has 1 heterocycles. The average molecular weight is 519 g/mol. The van der Waals surface area contributed by atoms with E-state index < -0.39 is 35.8 Å². The lowest BCUT2D eigenvalue weighted by molar-refractivity contribution is -0.156. The summed E-state index contributed by atoms with van der Waals surface area (Å²) in [4.78, 5) is 43.0. The van der Waals surface area contributed by atoms with E-state index in [1.807, 2.05) is 81.5 Å². The summed E-state index contributed by atoms with van der Waals surface area (Å²) in [5.74, 6) is -3.17. The van der Waals surface area contributed by atoms with E-state index in [0.29, 0.717) is 5.69 Å². The summed E-state index contributed by atoms with van der Waals surface area (Å²) in [5, 5.41) is 13.6. The molecule has 0 aromatic heterocycles. The van der Waals surface area contributed by atoms with Crippen LogP contribution in [-0.2, 0) is 19.1 Å². The number of benzene rings is 2. The molecule has 0 spiro atoms. The number of fused-ring (bicyclic) bond motifs is 1. The van der Waals surface area contributed by atoms with Crippen molar-refractivity contribution in [2.24, 2.45) is 23.7 Å². The predicted octanol–water partition coefficient (Wildman–Crippen LogP) is 4.58. The van der Waals surface area contributed by atoms with Gasteiger partial charge in [-0.25, -0.2) is 0 Å². The molecule has 202 valence electrons. The average Bonchev–Trinajstić information content (AvgIpc) is 3.19. The third-order valence-electron chi connectivity index (χ3n) is 7.84. The van der Waals surface area contributed by atoms with E-state index in [1.165, 1.54) is 4.90 Å². The van der Waals surface area contributed by atoms with Crippen molar-refractivity contribution in [2.45, 2.75) is 52.6 Å². The number of aliphatic hydroxyl groups is 1. The minimum atomic E-state index is -0.902. The van der Waals surface area contributed by atoms with Crippen molar-refractivity contribution in [3.05, 3.63) is 77.4 Å². The van der Waals surface area contributed by atoms with Crippen LogP contribution < -0.4 is 5.32 Å². The number of carbonyl (C=O) groups is 3. The first-order chi connectivity index (χ1) is 18.3. The lowest BCUT2D eigenvalue weighted by Gasteiger charge is -2.34. The molecule has 2 aromatic carbocycles. The minimum Gasteiger partial charge on any atom is -0.466 e. The molecule has 0 saturated carbocycles. The first-order valence-electron chi connectivity index (χ1n) is 13.5. The van der Waals surface area contributed by atoms with Gasteiger partial charge in [-0.1, -0.05) is 68.0 Å². The summed E-state index contributed by atoms with van der Waals surface area (Å²) < 4.78 is 5.45. The quantitative estimate of drug-likeness (QED) is 0.374. The summed E-state index contributed by atoms with van der Waals surface area (Å²) in [7, 11) is 0. The fraction of sp³-hybridized carbons (Fsp3) is 0.452. The topological polar surface area (TPSA) is 95.9 Å². The van der Waals surface area contributed by atoms with Gasteiger partial charge in [0.25, 0.3) is 0 Å². The molecule has 1 aliphatic heterocycles. The molecule has 2 N–H and O–H groups in total. The molecule has 0 unspecified atom stereocenters. The highest BCUT2D eigenvalue weighted by molar-refractivity contribution is 6.02. The number of carbonyl (C=O) groups excluding carboxylic acids is 3. The largest absolute Gasteiger partial charge is 0.466 e. The van der Waals surface area contributed by atoms with Crippen molar-refractivity contribution in [1.82, 2.24) is 4.90 Å². The Morgan fingerprint density at radius 2 is 1.82 bits per heavy atom. The molecular formula is C31H38N2O5. The van der Waals surface area contributed by atoms with Crippen LogP contribution in [0, 0.1) is 37.5 Å². The van der Waals surface area contributed by atoms with E-state index in [-0.39, 0.29) is 30.9 Å².